The van der Waals surface area contributed by atoms with Crippen molar-refractivity contribution in [1.29, 1.82) is 5.26 Å². The third-order valence-electron chi connectivity index (χ3n) is 3.35. The van der Waals surface area contributed by atoms with E-state index in [-0.39, 0.29) is 5.82 Å². The number of fused-ring (bicyclic) bond motifs is 1. The molecule has 0 saturated carbocycles. The highest BCUT2D eigenvalue weighted by atomic mass is 19.1. The van der Waals surface area contributed by atoms with Crippen LogP contribution in [0.2, 0.25) is 0 Å². The number of halogens is 1. The molecule has 2 aromatic heterocycles. The van der Waals surface area contributed by atoms with Crippen LogP contribution >= 0.6 is 0 Å². The van der Waals surface area contributed by atoms with Crippen LogP contribution < -0.4 is 0 Å². The molecule has 0 atom stereocenters. The number of imidazole rings is 1. The lowest BCUT2D eigenvalue weighted by Crippen LogP contribution is -1.93. The van der Waals surface area contributed by atoms with E-state index in [9.17, 15) is 4.39 Å². The average molecular weight is 265 g/mol. The topological polar surface area (TPSA) is 41.1 Å². The van der Waals surface area contributed by atoms with Crippen LogP contribution in [-0.4, -0.2) is 9.38 Å². The summed E-state index contributed by atoms with van der Waals surface area (Å²) < 4.78 is 14.8. The minimum atomic E-state index is -0.238. The fraction of sp³-hybridized carbons (Fsp3) is 0.125. The number of aromatic nitrogens is 2. The summed E-state index contributed by atoms with van der Waals surface area (Å²) in [4.78, 5) is 4.53. The molecule has 3 aromatic rings. The standard InChI is InChI=1S/C16H12FN3/c1-11-13(9-18)4-7-16-19-15(10-20(11)16)8-12-2-5-14(17)6-3-12/h2-7,10H,8H2,1H3. The zero-order chi connectivity index (χ0) is 14.1. The number of aryl methyl sites for hydroxylation is 1. The summed E-state index contributed by atoms with van der Waals surface area (Å²) in [6, 6.07) is 12.2. The van der Waals surface area contributed by atoms with Gasteiger partial charge in [-0.1, -0.05) is 12.1 Å². The minimum Gasteiger partial charge on any atom is -0.303 e. The molecule has 98 valence electrons. The van der Waals surface area contributed by atoms with Gasteiger partial charge in [0, 0.05) is 18.3 Å². The molecular weight excluding hydrogens is 253 g/mol. The van der Waals surface area contributed by atoms with E-state index in [1.165, 1.54) is 12.1 Å². The summed E-state index contributed by atoms with van der Waals surface area (Å²) in [6.45, 7) is 1.90. The van der Waals surface area contributed by atoms with Gasteiger partial charge in [-0.3, -0.25) is 0 Å². The van der Waals surface area contributed by atoms with E-state index in [0.29, 0.717) is 12.0 Å². The zero-order valence-electron chi connectivity index (χ0n) is 11.0. The second-order valence-electron chi connectivity index (χ2n) is 4.71. The molecule has 0 bridgehead atoms. The largest absolute Gasteiger partial charge is 0.303 e. The minimum absolute atomic E-state index is 0.238. The van der Waals surface area contributed by atoms with Crippen molar-refractivity contribution in [2.75, 3.05) is 0 Å². The Labute approximate surface area is 115 Å². The van der Waals surface area contributed by atoms with Crippen molar-refractivity contribution in [3.8, 4) is 6.07 Å². The lowest BCUT2D eigenvalue weighted by atomic mass is 10.1. The van der Waals surface area contributed by atoms with Gasteiger partial charge in [-0.25, -0.2) is 9.37 Å². The summed E-state index contributed by atoms with van der Waals surface area (Å²) in [7, 11) is 0. The highest BCUT2D eigenvalue weighted by Gasteiger charge is 2.07. The summed E-state index contributed by atoms with van der Waals surface area (Å²) >= 11 is 0. The molecule has 0 saturated heterocycles. The van der Waals surface area contributed by atoms with Crippen LogP contribution in [0.1, 0.15) is 22.5 Å². The number of pyridine rings is 1. The van der Waals surface area contributed by atoms with Gasteiger partial charge in [0.25, 0.3) is 0 Å². The molecule has 0 N–H and O–H groups in total. The molecule has 3 nitrogen and oxygen atoms in total. The van der Waals surface area contributed by atoms with Crippen molar-refractivity contribution in [3.63, 3.8) is 0 Å². The van der Waals surface area contributed by atoms with Gasteiger partial charge >= 0.3 is 0 Å². The number of nitrogens with zero attached hydrogens (tertiary/aromatic N) is 3. The highest BCUT2D eigenvalue weighted by Crippen LogP contribution is 2.15. The Bertz CT molecular complexity index is 810. The van der Waals surface area contributed by atoms with Crippen molar-refractivity contribution in [2.45, 2.75) is 13.3 Å². The van der Waals surface area contributed by atoms with Crippen molar-refractivity contribution < 1.29 is 4.39 Å². The molecule has 0 fully saturated rings. The van der Waals surface area contributed by atoms with Gasteiger partial charge in [-0.05, 0) is 36.8 Å². The molecular formula is C16H12FN3. The lowest BCUT2D eigenvalue weighted by Gasteiger charge is -2.00. The number of benzene rings is 1. The fourth-order valence-corrected chi connectivity index (χ4v) is 2.25. The van der Waals surface area contributed by atoms with Gasteiger partial charge in [0.15, 0.2) is 0 Å². The maximum Gasteiger partial charge on any atom is 0.137 e. The van der Waals surface area contributed by atoms with Gasteiger partial charge in [-0.15, -0.1) is 0 Å². The first-order chi connectivity index (χ1) is 9.67. The highest BCUT2D eigenvalue weighted by molar-refractivity contribution is 5.48. The fourth-order valence-electron chi connectivity index (χ4n) is 2.25. The molecule has 2 heterocycles. The molecule has 0 amide bonds. The molecule has 0 aliphatic carbocycles. The second kappa shape index (κ2) is 4.78. The first-order valence-electron chi connectivity index (χ1n) is 6.29. The number of hydrogen-bond acceptors (Lipinski definition) is 2. The van der Waals surface area contributed by atoms with Crippen LogP contribution in [0, 0.1) is 24.1 Å². The van der Waals surface area contributed by atoms with Crippen LogP contribution in [0.15, 0.2) is 42.6 Å². The van der Waals surface area contributed by atoms with E-state index in [0.717, 1.165) is 22.6 Å². The Morgan fingerprint density at radius 1 is 1.20 bits per heavy atom. The van der Waals surface area contributed by atoms with Crippen LogP contribution in [-0.2, 0) is 6.42 Å². The molecule has 1 aromatic carbocycles. The first-order valence-corrected chi connectivity index (χ1v) is 6.29. The predicted molar refractivity (Wildman–Crippen MR) is 73.9 cm³/mol. The Kier molecular flexibility index (Phi) is 2.96. The van der Waals surface area contributed by atoms with E-state index >= 15 is 0 Å². The van der Waals surface area contributed by atoms with Gasteiger partial charge < -0.3 is 4.40 Å². The maximum absolute atomic E-state index is 12.9. The number of hydrogen-bond donors (Lipinski definition) is 0. The second-order valence-corrected chi connectivity index (χ2v) is 4.71. The summed E-state index contributed by atoms with van der Waals surface area (Å²) in [5, 5.41) is 9.03. The summed E-state index contributed by atoms with van der Waals surface area (Å²) in [5.74, 6) is -0.238. The lowest BCUT2D eigenvalue weighted by molar-refractivity contribution is 0.627. The van der Waals surface area contributed by atoms with E-state index in [4.69, 9.17) is 5.26 Å². The third-order valence-corrected chi connectivity index (χ3v) is 3.35. The maximum atomic E-state index is 12.9. The van der Waals surface area contributed by atoms with Crippen molar-refractivity contribution >= 4 is 5.65 Å². The quantitative estimate of drug-likeness (QED) is 0.713. The zero-order valence-corrected chi connectivity index (χ0v) is 11.0. The van der Waals surface area contributed by atoms with Crippen LogP contribution in [0.3, 0.4) is 0 Å². The SMILES string of the molecule is Cc1c(C#N)ccc2nc(Cc3ccc(F)cc3)cn12. The van der Waals surface area contributed by atoms with Crippen LogP contribution in [0.5, 0.6) is 0 Å². The smallest absolute Gasteiger partial charge is 0.137 e. The molecule has 0 radical (unpaired) electrons. The number of nitriles is 1. The predicted octanol–water partition coefficient (Wildman–Crippen LogP) is 3.24. The first kappa shape index (κ1) is 12.4. The van der Waals surface area contributed by atoms with Gasteiger partial charge in [-0.2, -0.15) is 5.26 Å². The Morgan fingerprint density at radius 2 is 1.95 bits per heavy atom. The molecule has 4 heteroatoms. The van der Waals surface area contributed by atoms with Crippen molar-refractivity contribution in [2.24, 2.45) is 0 Å². The van der Waals surface area contributed by atoms with Gasteiger partial charge in [0.05, 0.1) is 11.3 Å². The molecule has 0 unspecified atom stereocenters. The summed E-state index contributed by atoms with van der Waals surface area (Å²) in [6.07, 6.45) is 2.57. The van der Waals surface area contributed by atoms with E-state index < -0.39 is 0 Å². The van der Waals surface area contributed by atoms with E-state index in [2.05, 4.69) is 11.1 Å². The van der Waals surface area contributed by atoms with Gasteiger partial charge in [0.2, 0.25) is 0 Å². The monoisotopic (exact) mass is 265 g/mol. The summed E-state index contributed by atoms with van der Waals surface area (Å²) in [5.41, 5.74) is 4.24. The molecule has 0 spiro atoms. The third kappa shape index (κ3) is 2.14. The Morgan fingerprint density at radius 3 is 2.65 bits per heavy atom. The van der Waals surface area contributed by atoms with Crippen LogP contribution in [0.25, 0.3) is 5.65 Å². The Hall–Kier alpha value is -2.67. The van der Waals surface area contributed by atoms with E-state index in [1.807, 2.05) is 23.6 Å². The molecule has 3 rings (SSSR count). The molecule has 0 aliphatic rings. The van der Waals surface area contributed by atoms with Crippen molar-refractivity contribution in [3.05, 3.63) is 70.9 Å². The van der Waals surface area contributed by atoms with Crippen molar-refractivity contribution in [1.82, 2.24) is 9.38 Å². The average Bonchev–Trinajstić information content (AvgIpc) is 2.85. The Balaban J connectivity index is 1.99. The van der Waals surface area contributed by atoms with E-state index in [1.54, 1.807) is 18.2 Å². The number of rotatable bonds is 2. The van der Waals surface area contributed by atoms with Crippen LogP contribution in [0.4, 0.5) is 4.39 Å². The normalized spacial score (nSPS) is 10.7. The van der Waals surface area contributed by atoms with Gasteiger partial charge in [0.1, 0.15) is 17.5 Å². The molecule has 20 heavy (non-hydrogen) atoms. The molecule has 0 aliphatic heterocycles.